The van der Waals surface area contributed by atoms with Gasteiger partial charge in [-0.25, -0.2) is 12.8 Å². The van der Waals surface area contributed by atoms with Crippen molar-refractivity contribution in [3.05, 3.63) is 58.9 Å². The average Bonchev–Trinajstić information content (AvgIpc) is 2.90. The van der Waals surface area contributed by atoms with Crippen molar-refractivity contribution in [2.24, 2.45) is 0 Å². The lowest BCUT2D eigenvalue weighted by Crippen LogP contribution is -2.14. The van der Waals surface area contributed by atoms with Gasteiger partial charge in [-0.2, -0.15) is 0 Å². The molecule has 3 rings (SSSR count). The topological polar surface area (TPSA) is 58.2 Å². The highest BCUT2D eigenvalue weighted by Gasteiger charge is 2.19. The van der Waals surface area contributed by atoms with Crippen molar-refractivity contribution in [2.75, 3.05) is 4.72 Å². The van der Waals surface area contributed by atoms with Gasteiger partial charge >= 0.3 is 0 Å². The van der Waals surface area contributed by atoms with E-state index >= 15 is 0 Å². The Labute approximate surface area is 123 Å². The van der Waals surface area contributed by atoms with Crippen LogP contribution in [0, 0.1) is 12.7 Å². The fraction of sp³-hybridized carbons (Fsp3) is 0.200. The first kappa shape index (κ1) is 14.0. The number of sulfonamides is 1. The number of benzene rings is 2. The number of hydrogen-bond donors (Lipinski definition) is 2. The van der Waals surface area contributed by atoms with Crippen LogP contribution in [-0.2, 0) is 23.1 Å². The van der Waals surface area contributed by atoms with E-state index in [1.807, 2.05) is 0 Å². The summed E-state index contributed by atoms with van der Waals surface area (Å²) in [7, 11) is -3.79. The molecule has 2 N–H and O–H groups in total. The van der Waals surface area contributed by atoms with Gasteiger partial charge in [0.1, 0.15) is 5.82 Å². The van der Waals surface area contributed by atoms with E-state index in [2.05, 4.69) is 10.0 Å². The number of rotatable bonds is 3. The van der Waals surface area contributed by atoms with Gasteiger partial charge in [-0.15, -0.1) is 0 Å². The smallest absolute Gasteiger partial charge is 0.261 e. The van der Waals surface area contributed by atoms with Gasteiger partial charge < -0.3 is 5.32 Å². The Morgan fingerprint density at radius 1 is 1.10 bits per heavy atom. The van der Waals surface area contributed by atoms with Gasteiger partial charge in [0.25, 0.3) is 10.0 Å². The summed E-state index contributed by atoms with van der Waals surface area (Å²) in [5, 5.41) is 3.16. The summed E-state index contributed by atoms with van der Waals surface area (Å²) in [6.45, 7) is 3.17. The molecule has 0 saturated heterocycles. The Bertz CT molecular complexity index is 803. The Hall–Kier alpha value is -1.92. The van der Waals surface area contributed by atoms with Gasteiger partial charge in [0.15, 0.2) is 0 Å². The molecular formula is C15H15FN2O2S. The molecule has 110 valence electrons. The second kappa shape index (κ2) is 5.13. The van der Waals surface area contributed by atoms with E-state index in [1.165, 1.54) is 12.1 Å². The maximum Gasteiger partial charge on any atom is 0.261 e. The maximum atomic E-state index is 13.7. The van der Waals surface area contributed by atoms with E-state index in [0.29, 0.717) is 6.54 Å². The van der Waals surface area contributed by atoms with Gasteiger partial charge in [0, 0.05) is 13.1 Å². The minimum Gasteiger partial charge on any atom is -0.309 e. The van der Waals surface area contributed by atoms with Crippen LogP contribution in [0.4, 0.5) is 10.1 Å². The summed E-state index contributed by atoms with van der Waals surface area (Å²) < 4.78 is 40.7. The minimum atomic E-state index is -3.79. The van der Waals surface area contributed by atoms with Crippen molar-refractivity contribution < 1.29 is 12.8 Å². The molecule has 4 nitrogen and oxygen atoms in total. The third-order valence-corrected chi connectivity index (χ3v) is 4.85. The van der Waals surface area contributed by atoms with Gasteiger partial charge in [-0.05, 0) is 47.9 Å². The van der Waals surface area contributed by atoms with Crippen molar-refractivity contribution >= 4 is 15.7 Å². The quantitative estimate of drug-likeness (QED) is 0.916. The molecule has 0 amide bonds. The third-order valence-electron chi connectivity index (χ3n) is 3.49. The molecule has 0 radical (unpaired) electrons. The molecule has 0 saturated carbocycles. The van der Waals surface area contributed by atoms with Crippen LogP contribution < -0.4 is 10.0 Å². The van der Waals surface area contributed by atoms with Gasteiger partial charge in [-0.1, -0.05) is 12.1 Å². The molecule has 21 heavy (non-hydrogen) atoms. The van der Waals surface area contributed by atoms with Crippen molar-refractivity contribution in [1.29, 1.82) is 0 Å². The first-order valence-electron chi connectivity index (χ1n) is 6.57. The number of halogens is 1. The number of anilines is 1. The summed E-state index contributed by atoms with van der Waals surface area (Å²) >= 11 is 0. The highest BCUT2D eigenvalue weighted by molar-refractivity contribution is 7.92. The van der Waals surface area contributed by atoms with E-state index in [1.54, 1.807) is 31.2 Å². The van der Waals surface area contributed by atoms with Crippen LogP contribution in [0.15, 0.2) is 41.3 Å². The summed E-state index contributed by atoms with van der Waals surface area (Å²) in [5.74, 6) is -0.591. The molecule has 0 aliphatic carbocycles. The zero-order valence-electron chi connectivity index (χ0n) is 11.5. The lowest BCUT2D eigenvalue weighted by Gasteiger charge is -2.10. The molecule has 0 fully saturated rings. The SMILES string of the molecule is Cc1ccc(F)c(NS(=O)(=O)c2ccc3c(c2)CNC3)c1. The summed E-state index contributed by atoms with van der Waals surface area (Å²) in [5.41, 5.74) is 2.80. The molecule has 1 aliphatic heterocycles. The van der Waals surface area contributed by atoms with Crippen molar-refractivity contribution in [3.8, 4) is 0 Å². The van der Waals surface area contributed by atoms with Gasteiger partial charge in [0.05, 0.1) is 10.6 Å². The monoisotopic (exact) mass is 306 g/mol. The largest absolute Gasteiger partial charge is 0.309 e. The predicted molar refractivity (Wildman–Crippen MR) is 78.9 cm³/mol. The second-order valence-corrected chi connectivity index (χ2v) is 6.81. The fourth-order valence-electron chi connectivity index (χ4n) is 2.36. The Morgan fingerprint density at radius 3 is 2.67 bits per heavy atom. The fourth-order valence-corrected chi connectivity index (χ4v) is 3.47. The summed E-state index contributed by atoms with van der Waals surface area (Å²) in [6.07, 6.45) is 0. The van der Waals surface area contributed by atoms with E-state index in [9.17, 15) is 12.8 Å². The van der Waals surface area contributed by atoms with E-state index in [-0.39, 0.29) is 10.6 Å². The number of fused-ring (bicyclic) bond motifs is 1. The molecule has 0 unspecified atom stereocenters. The number of hydrogen-bond acceptors (Lipinski definition) is 3. The highest BCUT2D eigenvalue weighted by Crippen LogP contribution is 2.23. The molecule has 0 atom stereocenters. The lowest BCUT2D eigenvalue weighted by molar-refractivity contribution is 0.598. The third kappa shape index (κ3) is 2.77. The Balaban J connectivity index is 1.95. The molecule has 2 aromatic rings. The van der Waals surface area contributed by atoms with Crippen molar-refractivity contribution in [2.45, 2.75) is 24.9 Å². The van der Waals surface area contributed by atoms with Crippen LogP contribution in [0.1, 0.15) is 16.7 Å². The zero-order chi connectivity index (χ0) is 15.0. The maximum absolute atomic E-state index is 13.7. The summed E-state index contributed by atoms with van der Waals surface area (Å²) in [6, 6.07) is 9.28. The molecular weight excluding hydrogens is 291 g/mol. The van der Waals surface area contributed by atoms with Crippen LogP contribution in [0.2, 0.25) is 0 Å². The standard InChI is InChI=1S/C15H15FN2O2S/c1-10-2-5-14(16)15(6-10)18-21(19,20)13-4-3-11-8-17-9-12(11)7-13/h2-7,17-18H,8-9H2,1H3. The van der Waals surface area contributed by atoms with Gasteiger partial charge in [-0.3, -0.25) is 4.72 Å². The van der Waals surface area contributed by atoms with E-state index < -0.39 is 15.8 Å². The first-order chi connectivity index (χ1) is 9.95. The first-order valence-corrected chi connectivity index (χ1v) is 8.05. The summed E-state index contributed by atoms with van der Waals surface area (Å²) in [4.78, 5) is 0.144. The Kier molecular flexibility index (Phi) is 3.43. The second-order valence-electron chi connectivity index (χ2n) is 5.12. The van der Waals surface area contributed by atoms with Crippen LogP contribution in [0.3, 0.4) is 0 Å². The zero-order valence-corrected chi connectivity index (χ0v) is 12.3. The molecule has 6 heteroatoms. The molecule has 0 bridgehead atoms. The van der Waals surface area contributed by atoms with Crippen molar-refractivity contribution in [3.63, 3.8) is 0 Å². The Morgan fingerprint density at radius 2 is 1.86 bits per heavy atom. The van der Waals surface area contributed by atoms with Crippen LogP contribution in [0.5, 0.6) is 0 Å². The van der Waals surface area contributed by atoms with E-state index in [4.69, 9.17) is 0 Å². The van der Waals surface area contributed by atoms with Crippen LogP contribution >= 0.6 is 0 Å². The molecule has 0 aromatic heterocycles. The number of aryl methyl sites for hydroxylation is 1. The molecule has 1 aliphatic rings. The van der Waals surface area contributed by atoms with Crippen LogP contribution in [0.25, 0.3) is 0 Å². The highest BCUT2D eigenvalue weighted by atomic mass is 32.2. The molecule has 2 aromatic carbocycles. The van der Waals surface area contributed by atoms with Crippen molar-refractivity contribution in [1.82, 2.24) is 5.32 Å². The number of nitrogens with one attached hydrogen (secondary N) is 2. The molecule has 0 spiro atoms. The minimum absolute atomic E-state index is 0.0337. The normalized spacial score (nSPS) is 14.0. The predicted octanol–water partition coefficient (Wildman–Crippen LogP) is 2.54. The van der Waals surface area contributed by atoms with Gasteiger partial charge in [0.2, 0.25) is 0 Å². The average molecular weight is 306 g/mol. The molecule has 1 heterocycles. The van der Waals surface area contributed by atoms with E-state index in [0.717, 1.165) is 23.2 Å². The van der Waals surface area contributed by atoms with Crippen LogP contribution in [-0.4, -0.2) is 8.42 Å². The lowest BCUT2D eigenvalue weighted by atomic mass is 10.1.